The monoisotopic (exact) mass is 272 g/mol. The molecule has 6 nitrogen and oxygen atoms in total. The summed E-state index contributed by atoms with van der Waals surface area (Å²) >= 11 is 0. The second kappa shape index (κ2) is 7.70. The zero-order chi connectivity index (χ0) is 15.1. The summed E-state index contributed by atoms with van der Waals surface area (Å²) in [6.45, 7) is 8.44. The molecule has 108 valence electrons. The van der Waals surface area contributed by atoms with Gasteiger partial charge in [0.15, 0.2) is 0 Å². The molecule has 2 unspecified atom stereocenters. The van der Waals surface area contributed by atoms with E-state index in [-0.39, 0.29) is 0 Å². The van der Waals surface area contributed by atoms with Crippen molar-refractivity contribution in [2.45, 2.75) is 26.1 Å². The fourth-order valence-corrected chi connectivity index (χ4v) is 1.57. The van der Waals surface area contributed by atoms with Gasteiger partial charge in [-0.25, -0.2) is 9.59 Å². The van der Waals surface area contributed by atoms with E-state index in [1.807, 2.05) is 0 Å². The molecule has 19 heavy (non-hydrogen) atoms. The van der Waals surface area contributed by atoms with Crippen LogP contribution in [0.4, 0.5) is 0 Å². The molecule has 2 N–H and O–H groups in total. The van der Waals surface area contributed by atoms with E-state index in [1.165, 1.54) is 13.8 Å². The maximum Gasteiger partial charge on any atom is 0.330 e. The molecule has 0 aliphatic heterocycles. The van der Waals surface area contributed by atoms with Gasteiger partial charge in [-0.2, -0.15) is 0 Å². The van der Waals surface area contributed by atoms with Crippen LogP contribution in [0.15, 0.2) is 25.3 Å². The number of hydrogen-bond donors (Lipinski definition) is 2. The van der Waals surface area contributed by atoms with Crippen LogP contribution in [-0.2, 0) is 19.1 Å². The highest BCUT2D eigenvalue weighted by Gasteiger charge is 2.45. The van der Waals surface area contributed by atoms with Gasteiger partial charge in [-0.05, 0) is 13.8 Å². The van der Waals surface area contributed by atoms with Crippen molar-refractivity contribution in [3.05, 3.63) is 25.3 Å². The molecule has 0 heterocycles. The fraction of sp³-hybridized carbons (Fsp3) is 0.538. The molecule has 0 aromatic carbocycles. The number of aliphatic hydroxyl groups is 2. The van der Waals surface area contributed by atoms with E-state index in [0.29, 0.717) is 0 Å². The quantitative estimate of drug-likeness (QED) is 0.484. The Labute approximate surface area is 112 Å². The SMILES string of the molecule is C=CC(=O)OC(C)C(CO)(CO)C(C)OC(=O)C=C. The van der Waals surface area contributed by atoms with E-state index in [1.54, 1.807) is 0 Å². The number of aliphatic hydroxyl groups excluding tert-OH is 2. The Bertz CT molecular complexity index is 315. The maximum absolute atomic E-state index is 11.2. The Hall–Kier alpha value is -1.66. The summed E-state index contributed by atoms with van der Waals surface area (Å²) in [5.41, 5.74) is -1.31. The lowest BCUT2D eigenvalue weighted by Crippen LogP contribution is -2.51. The van der Waals surface area contributed by atoms with Gasteiger partial charge < -0.3 is 19.7 Å². The van der Waals surface area contributed by atoms with Gasteiger partial charge in [0.25, 0.3) is 0 Å². The molecule has 0 rings (SSSR count). The first-order valence-electron chi connectivity index (χ1n) is 5.75. The smallest absolute Gasteiger partial charge is 0.330 e. The van der Waals surface area contributed by atoms with E-state index in [4.69, 9.17) is 9.47 Å². The van der Waals surface area contributed by atoms with Gasteiger partial charge in [-0.15, -0.1) is 0 Å². The van der Waals surface area contributed by atoms with E-state index >= 15 is 0 Å². The first-order chi connectivity index (χ1) is 8.87. The number of carbonyl (C=O) groups excluding carboxylic acids is 2. The lowest BCUT2D eigenvalue weighted by Gasteiger charge is -2.39. The van der Waals surface area contributed by atoms with Crippen LogP contribution in [0, 0.1) is 5.41 Å². The van der Waals surface area contributed by atoms with Crippen LogP contribution in [0.2, 0.25) is 0 Å². The minimum Gasteiger partial charge on any atom is -0.459 e. The number of hydrogen-bond acceptors (Lipinski definition) is 6. The van der Waals surface area contributed by atoms with E-state index in [9.17, 15) is 19.8 Å². The number of carbonyl (C=O) groups is 2. The van der Waals surface area contributed by atoms with E-state index in [2.05, 4.69) is 13.2 Å². The van der Waals surface area contributed by atoms with Crippen LogP contribution < -0.4 is 0 Å². The van der Waals surface area contributed by atoms with Crippen molar-refractivity contribution in [1.29, 1.82) is 0 Å². The third-order valence-electron chi connectivity index (χ3n) is 3.13. The molecular formula is C13H20O6. The standard InChI is InChI=1S/C13H20O6/c1-5-11(16)18-9(3)13(7-14,8-15)10(4)19-12(17)6-2/h5-6,9-10,14-15H,1-2,7-8H2,3-4H3. The van der Waals surface area contributed by atoms with Crippen molar-refractivity contribution < 1.29 is 29.3 Å². The van der Waals surface area contributed by atoms with E-state index < -0.39 is 42.8 Å². The lowest BCUT2D eigenvalue weighted by molar-refractivity contribution is -0.176. The van der Waals surface area contributed by atoms with Crippen molar-refractivity contribution in [2.75, 3.05) is 13.2 Å². The summed E-state index contributed by atoms with van der Waals surface area (Å²) in [6, 6.07) is 0. The average molecular weight is 272 g/mol. The summed E-state index contributed by atoms with van der Waals surface area (Å²) in [4.78, 5) is 22.3. The number of ether oxygens (including phenoxy) is 2. The van der Waals surface area contributed by atoms with Crippen molar-refractivity contribution in [3.8, 4) is 0 Å². The van der Waals surface area contributed by atoms with Crippen molar-refractivity contribution in [2.24, 2.45) is 5.41 Å². The second-order valence-electron chi connectivity index (χ2n) is 4.12. The topological polar surface area (TPSA) is 93.1 Å². The molecule has 0 spiro atoms. The molecule has 0 saturated heterocycles. The van der Waals surface area contributed by atoms with Gasteiger partial charge in [-0.1, -0.05) is 13.2 Å². The molecular weight excluding hydrogens is 252 g/mol. The Morgan fingerprint density at radius 2 is 1.37 bits per heavy atom. The predicted molar refractivity (Wildman–Crippen MR) is 68.1 cm³/mol. The molecule has 0 aliphatic rings. The molecule has 0 fully saturated rings. The second-order valence-corrected chi connectivity index (χ2v) is 4.12. The summed E-state index contributed by atoms with van der Waals surface area (Å²) in [6.07, 6.45) is 0.188. The molecule has 0 aromatic rings. The largest absolute Gasteiger partial charge is 0.459 e. The molecule has 0 aliphatic carbocycles. The van der Waals surface area contributed by atoms with Crippen molar-refractivity contribution in [1.82, 2.24) is 0 Å². The van der Waals surface area contributed by atoms with Gasteiger partial charge in [-0.3, -0.25) is 0 Å². The van der Waals surface area contributed by atoms with Gasteiger partial charge in [0.2, 0.25) is 0 Å². The van der Waals surface area contributed by atoms with Gasteiger partial charge >= 0.3 is 11.9 Å². The summed E-state index contributed by atoms with van der Waals surface area (Å²) in [7, 11) is 0. The fourth-order valence-electron chi connectivity index (χ4n) is 1.57. The molecule has 0 amide bonds. The van der Waals surface area contributed by atoms with Gasteiger partial charge in [0.05, 0.1) is 18.6 Å². The van der Waals surface area contributed by atoms with Gasteiger partial charge in [0, 0.05) is 12.2 Å². The summed E-state index contributed by atoms with van der Waals surface area (Å²) < 4.78 is 9.98. The minimum absolute atomic E-state index is 0.527. The molecule has 0 saturated carbocycles. The highest BCUT2D eigenvalue weighted by atomic mass is 16.6. The number of esters is 2. The van der Waals surface area contributed by atoms with Gasteiger partial charge in [0.1, 0.15) is 12.2 Å². The first kappa shape index (κ1) is 17.3. The zero-order valence-corrected chi connectivity index (χ0v) is 11.2. The third-order valence-corrected chi connectivity index (χ3v) is 3.13. The van der Waals surface area contributed by atoms with Crippen molar-refractivity contribution >= 4 is 11.9 Å². The summed E-state index contributed by atoms with van der Waals surface area (Å²) in [5.74, 6) is -1.39. The van der Waals surface area contributed by atoms with Crippen LogP contribution in [0.1, 0.15) is 13.8 Å². The predicted octanol–water partition coefficient (Wildman–Crippen LogP) is 0.193. The lowest BCUT2D eigenvalue weighted by atomic mass is 9.79. The Balaban J connectivity index is 5.10. The zero-order valence-electron chi connectivity index (χ0n) is 11.2. The summed E-state index contributed by atoms with van der Waals surface area (Å²) in [5, 5.41) is 19.0. The third kappa shape index (κ3) is 4.18. The molecule has 2 atom stereocenters. The highest BCUT2D eigenvalue weighted by Crippen LogP contribution is 2.30. The Kier molecular flexibility index (Phi) is 7.03. The molecule has 0 radical (unpaired) electrons. The van der Waals surface area contributed by atoms with E-state index in [0.717, 1.165) is 12.2 Å². The molecule has 0 aromatic heterocycles. The van der Waals surface area contributed by atoms with Crippen LogP contribution in [-0.4, -0.2) is 47.6 Å². The Morgan fingerprint density at radius 3 is 1.58 bits per heavy atom. The molecule has 6 heteroatoms. The van der Waals surface area contributed by atoms with Crippen LogP contribution in [0.5, 0.6) is 0 Å². The first-order valence-corrected chi connectivity index (χ1v) is 5.75. The normalized spacial score (nSPS) is 14.1. The average Bonchev–Trinajstić information content (AvgIpc) is 2.40. The van der Waals surface area contributed by atoms with Crippen LogP contribution in [0.25, 0.3) is 0 Å². The minimum atomic E-state index is -1.31. The van der Waals surface area contributed by atoms with Crippen LogP contribution in [0.3, 0.4) is 0 Å². The maximum atomic E-state index is 11.2. The van der Waals surface area contributed by atoms with Crippen LogP contribution >= 0.6 is 0 Å². The molecule has 0 bridgehead atoms. The highest BCUT2D eigenvalue weighted by molar-refractivity contribution is 5.82. The Morgan fingerprint density at radius 1 is 1.05 bits per heavy atom. The van der Waals surface area contributed by atoms with Crippen molar-refractivity contribution in [3.63, 3.8) is 0 Å². The number of rotatable bonds is 8.